The molecule has 0 fully saturated rings. The van der Waals surface area contributed by atoms with Gasteiger partial charge < -0.3 is 5.32 Å². The van der Waals surface area contributed by atoms with Gasteiger partial charge in [0.1, 0.15) is 0 Å². The summed E-state index contributed by atoms with van der Waals surface area (Å²) in [6.45, 7) is 0. The van der Waals surface area contributed by atoms with Gasteiger partial charge in [0.15, 0.2) is 0 Å². The maximum atomic E-state index is 4.23. The van der Waals surface area contributed by atoms with E-state index in [-0.39, 0.29) is 6.04 Å². The molecule has 1 aromatic carbocycles. The first kappa shape index (κ1) is 9.30. The molecule has 0 aliphatic rings. The molecule has 3 nitrogen and oxygen atoms in total. The predicted octanol–water partition coefficient (Wildman–Crippen LogP) is 1.85. The molecule has 0 bridgehead atoms. The summed E-state index contributed by atoms with van der Waals surface area (Å²) in [5.74, 6) is 0. The summed E-state index contributed by atoms with van der Waals surface area (Å²) in [6.07, 6.45) is 1.80. The van der Waals surface area contributed by atoms with Crippen molar-refractivity contribution >= 4 is 11.7 Å². The van der Waals surface area contributed by atoms with E-state index in [1.54, 1.807) is 6.20 Å². The van der Waals surface area contributed by atoms with E-state index in [0.29, 0.717) is 0 Å². The maximum absolute atomic E-state index is 4.23. The fourth-order valence-corrected chi connectivity index (χ4v) is 1.88. The molecule has 1 atom stereocenters. The van der Waals surface area contributed by atoms with Crippen LogP contribution in [0.5, 0.6) is 0 Å². The number of nitrogens with one attached hydrogen (secondary N) is 1. The van der Waals surface area contributed by atoms with Gasteiger partial charge in [-0.3, -0.25) is 0 Å². The van der Waals surface area contributed by atoms with Crippen LogP contribution in [0.1, 0.15) is 17.3 Å². The molecule has 4 heteroatoms. The van der Waals surface area contributed by atoms with Gasteiger partial charge in [-0.25, -0.2) is 0 Å². The minimum atomic E-state index is 0.148. The number of rotatable bonds is 3. The van der Waals surface area contributed by atoms with Gasteiger partial charge in [-0.2, -0.15) is 8.75 Å². The van der Waals surface area contributed by atoms with Crippen molar-refractivity contribution in [3.05, 3.63) is 47.8 Å². The Bertz CT molecular complexity index is 372. The molecule has 0 spiro atoms. The first-order valence-corrected chi connectivity index (χ1v) is 5.14. The molecule has 1 N–H and O–H groups in total. The predicted molar refractivity (Wildman–Crippen MR) is 57.3 cm³/mol. The standard InChI is InChI=1S/C10H11N3S/c1-11-10(9-7-12-14-13-9)8-5-3-2-4-6-8/h2-7,10-11H,1H3. The van der Waals surface area contributed by atoms with Crippen LogP contribution in [0.2, 0.25) is 0 Å². The number of hydrogen-bond donors (Lipinski definition) is 1. The largest absolute Gasteiger partial charge is 0.308 e. The first-order valence-electron chi connectivity index (χ1n) is 4.41. The van der Waals surface area contributed by atoms with Crippen LogP contribution >= 0.6 is 11.7 Å². The van der Waals surface area contributed by atoms with Crippen LogP contribution in [0.25, 0.3) is 0 Å². The Kier molecular flexibility index (Phi) is 2.86. The molecule has 2 rings (SSSR count). The Morgan fingerprint density at radius 1 is 1.29 bits per heavy atom. The van der Waals surface area contributed by atoms with Crippen LogP contribution in [0, 0.1) is 0 Å². The monoisotopic (exact) mass is 205 g/mol. The third-order valence-electron chi connectivity index (χ3n) is 2.10. The molecule has 1 aromatic heterocycles. The van der Waals surface area contributed by atoms with E-state index in [1.807, 2.05) is 25.2 Å². The van der Waals surface area contributed by atoms with Gasteiger partial charge in [0.25, 0.3) is 0 Å². The van der Waals surface area contributed by atoms with Crippen LogP contribution in [-0.2, 0) is 0 Å². The van der Waals surface area contributed by atoms with E-state index in [2.05, 4.69) is 26.2 Å². The normalized spacial score (nSPS) is 12.6. The Morgan fingerprint density at radius 2 is 2.07 bits per heavy atom. The third kappa shape index (κ3) is 1.81. The quantitative estimate of drug-likeness (QED) is 0.831. The van der Waals surface area contributed by atoms with Gasteiger partial charge in [-0.1, -0.05) is 30.3 Å². The lowest BCUT2D eigenvalue weighted by molar-refractivity contribution is 0.677. The fourth-order valence-electron chi connectivity index (χ4n) is 1.43. The van der Waals surface area contributed by atoms with E-state index >= 15 is 0 Å². The van der Waals surface area contributed by atoms with Gasteiger partial charge in [0, 0.05) is 0 Å². The molecule has 0 aliphatic carbocycles. The zero-order valence-corrected chi connectivity index (χ0v) is 8.66. The van der Waals surface area contributed by atoms with E-state index in [4.69, 9.17) is 0 Å². The highest BCUT2D eigenvalue weighted by Crippen LogP contribution is 2.19. The molecule has 2 aromatic rings. The van der Waals surface area contributed by atoms with Gasteiger partial charge in [-0.15, -0.1) is 0 Å². The van der Waals surface area contributed by atoms with Gasteiger partial charge in [-0.05, 0) is 12.6 Å². The Morgan fingerprint density at radius 3 is 2.64 bits per heavy atom. The number of hydrogen-bond acceptors (Lipinski definition) is 4. The highest BCUT2D eigenvalue weighted by molar-refractivity contribution is 6.99. The van der Waals surface area contributed by atoms with E-state index in [0.717, 1.165) is 5.69 Å². The topological polar surface area (TPSA) is 37.8 Å². The molecule has 0 radical (unpaired) electrons. The number of nitrogens with zero attached hydrogens (tertiary/aromatic N) is 2. The Labute approximate surface area is 87.1 Å². The molecule has 72 valence electrons. The minimum absolute atomic E-state index is 0.148. The molecule has 0 amide bonds. The van der Waals surface area contributed by atoms with Gasteiger partial charge >= 0.3 is 0 Å². The summed E-state index contributed by atoms with van der Waals surface area (Å²) in [5, 5.41) is 3.22. The molecular formula is C10H11N3S. The first-order chi connectivity index (χ1) is 6.92. The van der Waals surface area contributed by atoms with Crippen LogP contribution in [0.15, 0.2) is 36.5 Å². The second-order valence-electron chi connectivity index (χ2n) is 2.96. The molecular weight excluding hydrogens is 194 g/mol. The van der Waals surface area contributed by atoms with Crippen molar-refractivity contribution < 1.29 is 0 Å². The fraction of sp³-hybridized carbons (Fsp3) is 0.200. The maximum Gasteiger partial charge on any atom is 0.0957 e. The highest BCUT2D eigenvalue weighted by atomic mass is 32.1. The van der Waals surface area contributed by atoms with Crippen LogP contribution in [0.4, 0.5) is 0 Å². The van der Waals surface area contributed by atoms with Crippen molar-refractivity contribution in [2.45, 2.75) is 6.04 Å². The van der Waals surface area contributed by atoms with Crippen molar-refractivity contribution in [3.8, 4) is 0 Å². The molecule has 0 aliphatic heterocycles. The van der Waals surface area contributed by atoms with Crippen molar-refractivity contribution in [2.24, 2.45) is 0 Å². The van der Waals surface area contributed by atoms with Crippen LogP contribution < -0.4 is 5.32 Å². The average molecular weight is 205 g/mol. The molecule has 14 heavy (non-hydrogen) atoms. The van der Waals surface area contributed by atoms with E-state index in [1.165, 1.54) is 17.3 Å². The lowest BCUT2D eigenvalue weighted by atomic mass is 10.1. The molecule has 1 heterocycles. The summed E-state index contributed by atoms with van der Waals surface area (Å²) in [4.78, 5) is 0. The van der Waals surface area contributed by atoms with Gasteiger partial charge in [0.05, 0.1) is 29.7 Å². The van der Waals surface area contributed by atoms with Crippen LogP contribution in [-0.4, -0.2) is 15.8 Å². The zero-order valence-electron chi connectivity index (χ0n) is 7.84. The van der Waals surface area contributed by atoms with Crippen molar-refractivity contribution in [3.63, 3.8) is 0 Å². The molecule has 0 saturated heterocycles. The second kappa shape index (κ2) is 4.30. The lowest BCUT2D eigenvalue weighted by Crippen LogP contribution is -2.17. The van der Waals surface area contributed by atoms with Crippen molar-refractivity contribution in [1.29, 1.82) is 0 Å². The molecule has 1 unspecified atom stereocenters. The summed E-state index contributed by atoms with van der Waals surface area (Å²) in [6, 6.07) is 10.4. The van der Waals surface area contributed by atoms with Gasteiger partial charge in [0.2, 0.25) is 0 Å². The Hall–Kier alpha value is -1.26. The smallest absolute Gasteiger partial charge is 0.0957 e. The SMILES string of the molecule is CNC(c1ccccc1)c1cnsn1. The summed E-state index contributed by atoms with van der Waals surface area (Å²) < 4.78 is 8.24. The lowest BCUT2D eigenvalue weighted by Gasteiger charge is -2.12. The Balaban J connectivity index is 2.31. The summed E-state index contributed by atoms with van der Waals surface area (Å²) in [5.41, 5.74) is 2.19. The molecule has 0 saturated carbocycles. The highest BCUT2D eigenvalue weighted by Gasteiger charge is 2.13. The second-order valence-corrected chi connectivity index (χ2v) is 3.52. The third-order valence-corrected chi connectivity index (χ3v) is 2.59. The average Bonchev–Trinajstić information content (AvgIpc) is 2.74. The van der Waals surface area contributed by atoms with Crippen LogP contribution in [0.3, 0.4) is 0 Å². The summed E-state index contributed by atoms with van der Waals surface area (Å²) >= 11 is 1.24. The zero-order chi connectivity index (χ0) is 9.80. The number of aromatic nitrogens is 2. The summed E-state index contributed by atoms with van der Waals surface area (Å²) in [7, 11) is 1.93. The van der Waals surface area contributed by atoms with Crippen molar-refractivity contribution in [2.75, 3.05) is 7.05 Å². The van der Waals surface area contributed by atoms with E-state index in [9.17, 15) is 0 Å². The van der Waals surface area contributed by atoms with E-state index < -0.39 is 0 Å². The number of benzene rings is 1. The minimum Gasteiger partial charge on any atom is -0.308 e. The van der Waals surface area contributed by atoms with Crippen molar-refractivity contribution in [1.82, 2.24) is 14.1 Å².